The third-order valence-corrected chi connectivity index (χ3v) is 4.84. The van der Waals surface area contributed by atoms with Crippen LogP contribution in [0.4, 0.5) is 4.39 Å². The lowest BCUT2D eigenvalue weighted by Crippen LogP contribution is -2.26. The van der Waals surface area contributed by atoms with Crippen molar-refractivity contribution >= 4 is 23.4 Å². The van der Waals surface area contributed by atoms with E-state index in [0.717, 1.165) is 22.7 Å². The second-order valence-corrected chi connectivity index (χ2v) is 6.39. The molecule has 0 spiro atoms. The predicted molar refractivity (Wildman–Crippen MR) is 86.4 cm³/mol. The number of hydrogen-bond donors (Lipinski definition) is 1. The van der Waals surface area contributed by atoms with Gasteiger partial charge in [0.25, 0.3) is 0 Å². The zero-order valence-corrected chi connectivity index (χ0v) is 13.7. The van der Waals surface area contributed by atoms with Crippen LogP contribution in [0.15, 0.2) is 29.2 Å². The van der Waals surface area contributed by atoms with Gasteiger partial charge in [-0.3, -0.25) is 4.68 Å². The van der Waals surface area contributed by atoms with E-state index in [9.17, 15) is 4.39 Å². The van der Waals surface area contributed by atoms with E-state index in [4.69, 9.17) is 17.3 Å². The van der Waals surface area contributed by atoms with Crippen LogP contribution in [0, 0.1) is 5.82 Å². The molecule has 1 unspecified atom stereocenters. The largest absolute Gasteiger partial charge is 0.327 e. The fourth-order valence-corrected chi connectivity index (χ4v) is 3.37. The maximum Gasteiger partial charge on any atom is 0.124 e. The summed E-state index contributed by atoms with van der Waals surface area (Å²) in [5.41, 5.74) is 8.03. The van der Waals surface area contributed by atoms with Crippen LogP contribution in [0.1, 0.15) is 18.3 Å². The van der Waals surface area contributed by atoms with Crippen molar-refractivity contribution in [3.63, 3.8) is 0 Å². The zero-order valence-electron chi connectivity index (χ0n) is 12.1. The molecule has 6 heteroatoms. The molecule has 0 saturated heterocycles. The van der Waals surface area contributed by atoms with Crippen molar-refractivity contribution in [1.82, 2.24) is 9.78 Å². The normalized spacial score (nSPS) is 12.6. The molecule has 2 aromatic rings. The lowest BCUT2D eigenvalue weighted by molar-refractivity contribution is 0.624. The van der Waals surface area contributed by atoms with E-state index in [1.807, 2.05) is 20.0 Å². The summed E-state index contributed by atoms with van der Waals surface area (Å²) < 4.78 is 14.9. The highest BCUT2D eigenvalue weighted by Crippen LogP contribution is 2.24. The monoisotopic (exact) mass is 327 g/mol. The molecule has 1 heterocycles. The summed E-state index contributed by atoms with van der Waals surface area (Å²) in [5, 5.41) is 5.10. The Morgan fingerprint density at radius 2 is 2.24 bits per heavy atom. The van der Waals surface area contributed by atoms with Gasteiger partial charge in [0, 0.05) is 30.2 Å². The Labute approximate surface area is 133 Å². The molecule has 2 rings (SSSR count). The number of nitrogens with zero attached hydrogens (tertiary/aromatic N) is 2. The van der Waals surface area contributed by atoms with E-state index in [1.54, 1.807) is 22.5 Å². The van der Waals surface area contributed by atoms with E-state index < -0.39 is 0 Å². The van der Waals surface area contributed by atoms with Gasteiger partial charge < -0.3 is 5.73 Å². The molecule has 0 saturated carbocycles. The van der Waals surface area contributed by atoms with Gasteiger partial charge in [0.2, 0.25) is 0 Å². The maximum absolute atomic E-state index is 13.1. The summed E-state index contributed by atoms with van der Waals surface area (Å²) >= 11 is 7.86. The van der Waals surface area contributed by atoms with Crippen LogP contribution in [0.2, 0.25) is 5.02 Å². The molecular formula is C15H19ClFN3S. The van der Waals surface area contributed by atoms with Crippen LogP contribution >= 0.6 is 23.4 Å². The third kappa shape index (κ3) is 4.22. The molecule has 114 valence electrons. The highest BCUT2D eigenvalue weighted by atomic mass is 35.5. The number of halogens is 2. The summed E-state index contributed by atoms with van der Waals surface area (Å²) in [5.74, 6) is 0.475. The first-order valence-corrected chi connectivity index (χ1v) is 8.21. The minimum Gasteiger partial charge on any atom is -0.327 e. The van der Waals surface area contributed by atoms with Crippen molar-refractivity contribution in [2.75, 3.05) is 5.75 Å². The van der Waals surface area contributed by atoms with Crippen LogP contribution in [0.5, 0.6) is 0 Å². The minimum absolute atomic E-state index is 0.0594. The summed E-state index contributed by atoms with van der Waals surface area (Å²) in [6.07, 6.45) is 1.46. The number of aromatic nitrogens is 2. The Morgan fingerprint density at radius 3 is 2.86 bits per heavy atom. The van der Waals surface area contributed by atoms with E-state index >= 15 is 0 Å². The van der Waals surface area contributed by atoms with Gasteiger partial charge in [0.15, 0.2) is 0 Å². The Hall–Kier alpha value is -1.04. The molecule has 1 atom stereocenters. The van der Waals surface area contributed by atoms with Gasteiger partial charge in [-0.05, 0) is 24.6 Å². The van der Waals surface area contributed by atoms with Crippen LogP contribution in [0.25, 0.3) is 0 Å². The molecule has 0 aliphatic rings. The fourth-order valence-electron chi connectivity index (χ4n) is 2.11. The number of benzene rings is 1. The second-order valence-electron chi connectivity index (χ2n) is 4.92. The summed E-state index contributed by atoms with van der Waals surface area (Å²) in [4.78, 5) is 0.885. The van der Waals surface area contributed by atoms with E-state index in [-0.39, 0.29) is 11.9 Å². The lowest BCUT2D eigenvalue weighted by Gasteiger charge is -2.12. The summed E-state index contributed by atoms with van der Waals surface area (Å²) in [7, 11) is 1.88. The Balaban J connectivity index is 1.96. The SMILES string of the molecule is CCc1nn(C)c(CC(N)CSc2cccc(F)c2)c1Cl. The summed E-state index contributed by atoms with van der Waals surface area (Å²) in [6.45, 7) is 2.03. The van der Waals surface area contributed by atoms with Crippen molar-refractivity contribution in [2.45, 2.75) is 30.7 Å². The Bertz CT molecular complexity index is 615. The van der Waals surface area contributed by atoms with Gasteiger partial charge in [0.1, 0.15) is 5.82 Å². The van der Waals surface area contributed by atoms with Gasteiger partial charge in [-0.15, -0.1) is 11.8 Å². The number of hydrogen-bond acceptors (Lipinski definition) is 3. The molecule has 21 heavy (non-hydrogen) atoms. The van der Waals surface area contributed by atoms with Crippen LogP contribution in [-0.2, 0) is 19.9 Å². The Kier molecular flexibility index (Phi) is 5.67. The standard InChI is InChI=1S/C15H19ClFN3S/c1-3-13-15(16)14(20(2)19-13)8-11(18)9-21-12-6-4-5-10(17)7-12/h4-7,11H,3,8-9,18H2,1-2H3. The van der Waals surface area contributed by atoms with Crippen LogP contribution < -0.4 is 5.73 Å². The van der Waals surface area contributed by atoms with Gasteiger partial charge in [-0.25, -0.2) is 4.39 Å². The molecule has 0 bridgehead atoms. The van der Waals surface area contributed by atoms with E-state index in [0.29, 0.717) is 17.2 Å². The molecule has 0 aliphatic carbocycles. The third-order valence-electron chi connectivity index (χ3n) is 3.22. The van der Waals surface area contributed by atoms with E-state index in [1.165, 1.54) is 12.1 Å². The predicted octanol–water partition coefficient (Wildman–Crippen LogP) is 3.44. The second kappa shape index (κ2) is 7.29. The number of aryl methyl sites for hydroxylation is 2. The van der Waals surface area contributed by atoms with Crippen LogP contribution in [0.3, 0.4) is 0 Å². The molecule has 0 aliphatic heterocycles. The average Bonchev–Trinajstić information content (AvgIpc) is 2.72. The first-order valence-electron chi connectivity index (χ1n) is 6.85. The highest BCUT2D eigenvalue weighted by molar-refractivity contribution is 7.99. The van der Waals surface area contributed by atoms with Crippen molar-refractivity contribution in [2.24, 2.45) is 12.8 Å². The van der Waals surface area contributed by atoms with Crippen molar-refractivity contribution in [3.05, 3.63) is 46.5 Å². The van der Waals surface area contributed by atoms with Gasteiger partial charge in [0.05, 0.1) is 16.4 Å². The van der Waals surface area contributed by atoms with Gasteiger partial charge in [-0.1, -0.05) is 24.6 Å². The average molecular weight is 328 g/mol. The first kappa shape index (κ1) is 16.3. The number of thioether (sulfide) groups is 1. The van der Waals surface area contributed by atoms with Crippen molar-refractivity contribution in [1.29, 1.82) is 0 Å². The van der Waals surface area contributed by atoms with Gasteiger partial charge >= 0.3 is 0 Å². The molecule has 2 N–H and O–H groups in total. The van der Waals surface area contributed by atoms with Crippen LogP contribution in [-0.4, -0.2) is 21.6 Å². The number of nitrogens with two attached hydrogens (primary N) is 1. The molecule has 0 radical (unpaired) electrons. The minimum atomic E-state index is -0.226. The smallest absolute Gasteiger partial charge is 0.124 e. The lowest BCUT2D eigenvalue weighted by atomic mass is 10.2. The quantitative estimate of drug-likeness (QED) is 0.827. The van der Waals surface area contributed by atoms with Crippen molar-refractivity contribution in [3.8, 4) is 0 Å². The molecule has 1 aromatic heterocycles. The Morgan fingerprint density at radius 1 is 1.48 bits per heavy atom. The first-order chi connectivity index (χ1) is 10.0. The number of rotatable bonds is 6. The van der Waals surface area contributed by atoms with Gasteiger partial charge in [-0.2, -0.15) is 5.10 Å². The highest BCUT2D eigenvalue weighted by Gasteiger charge is 2.16. The molecule has 0 fully saturated rings. The molecule has 3 nitrogen and oxygen atoms in total. The van der Waals surface area contributed by atoms with E-state index in [2.05, 4.69) is 5.10 Å². The fraction of sp³-hybridized carbons (Fsp3) is 0.400. The molecule has 1 aromatic carbocycles. The molecule has 0 amide bonds. The van der Waals surface area contributed by atoms with Crippen molar-refractivity contribution < 1.29 is 4.39 Å². The maximum atomic E-state index is 13.1. The summed E-state index contributed by atoms with van der Waals surface area (Å²) in [6, 6.07) is 6.48. The molecular weight excluding hydrogens is 309 g/mol. The topological polar surface area (TPSA) is 43.8 Å². The zero-order chi connectivity index (χ0) is 15.4.